The van der Waals surface area contributed by atoms with Gasteiger partial charge in [-0.15, -0.1) is 0 Å². The van der Waals surface area contributed by atoms with Gasteiger partial charge >= 0.3 is 0 Å². The smallest absolute Gasteiger partial charge is 0.165 e. The maximum Gasteiger partial charge on any atom is 0.165 e. The zero-order valence-corrected chi connectivity index (χ0v) is 13.9. The van der Waals surface area contributed by atoms with Gasteiger partial charge in [-0.05, 0) is 29.3 Å². The Balaban J connectivity index is 1.74. The van der Waals surface area contributed by atoms with E-state index in [-0.39, 0.29) is 5.75 Å². The first kappa shape index (κ1) is 15.2. The first-order chi connectivity index (χ1) is 12.2. The van der Waals surface area contributed by atoms with Gasteiger partial charge in [0.1, 0.15) is 11.6 Å². The Morgan fingerprint density at radius 3 is 2.68 bits per heavy atom. The summed E-state index contributed by atoms with van der Waals surface area (Å²) in [5.41, 5.74) is 3.79. The number of fused-ring (bicyclic) bond motifs is 1. The Morgan fingerprint density at radius 1 is 1.04 bits per heavy atom. The number of anilines is 1. The Kier molecular flexibility index (Phi) is 3.82. The molecule has 0 radical (unpaired) electrons. The average molecular weight is 330 g/mol. The van der Waals surface area contributed by atoms with Crippen LogP contribution in [0.25, 0.3) is 16.8 Å². The second-order valence-electron chi connectivity index (χ2n) is 5.99. The quantitative estimate of drug-likeness (QED) is 0.619. The number of hydrogen-bond donors (Lipinski definition) is 1. The molecule has 4 rings (SSSR count). The van der Waals surface area contributed by atoms with Crippen molar-refractivity contribution in [3.8, 4) is 16.9 Å². The molecule has 0 aliphatic rings. The van der Waals surface area contributed by atoms with Crippen LogP contribution in [0.1, 0.15) is 5.56 Å². The minimum absolute atomic E-state index is 0.231. The molecule has 0 bridgehead atoms. The maximum atomic E-state index is 9.74. The highest BCUT2D eigenvalue weighted by Crippen LogP contribution is 2.28. The summed E-state index contributed by atoms with van der Waals surface area (Å²) in [6.45, 7) is 0.779. The number of aromatic hydroxyl groups is 1. The lowest BCUT2D eigenvalue weighted by molar-refractivity contribution is 0.475. The third kappa shape index (κ3) is 2.92. The molecule has 124 valence electrons. The highest BCUT2D eigenvalue weighted by molar-refractivity contribution is 5.78. The fraction of sp³-hybridized carbons (Fsp3) is 0.100. The normalized spacial score (nSPS) is 10.9. The fourth-order valence-electron chi connectivity index (χ4n) is 2.98. The minimum Gasteiger partial charge on any atom is -0.508 e. The van der Waals surface area contributed by atoms with Crippen LogP contribution in [0.5, 0.6) is 5.75 Å². The fourth-order valence-corrected chi connectivity index (χ4v) is 2.98. The lowest BCUT2D eigenvalue weighted by Crippen LogP contribution is -2.19. The second kappa shape index (κ2) is 6.28. The Bertz CT molecular complexity index is 1010. The summed E-state index contributed by atoms with van der Waals surface area (Å²) < 4.78 is 1.84. The molecule has 0 saturated carbocycles. The molecule has 1 N–H and O–H groups in total. The molecule has 0 saturated heterocycles. The molecule has 5 heteroatoms. The van der Waals surface area contributed by atoms with Crippen molar-refractivity contribution < 1.29 is 5.11 Å². The van der Waals surface area contributed by atoms with Crippen LogP contribution in [-0.4, -0.2) is 26.8 Å². The number of nitrogens with zero attached hydrogens (tertiary/aromatic N) is 4. The van der Waals surface area contributed by atoms with Crippen LogP contribution < -0.4 is 4.90 Å². The Labute approximate surface area is 145 Å². The second-order valence-corrected chi connectivity index (χ2v) is 5.99. The van der Waals surface area contributed by atoms with Crippen molar-refractivity contribution >= 4 is 11.5 Å². The lowest BCUT2D eigenvalue weighted by atomic mass is 10.1. The molecule has 0 spiro atoms. The van der Waals surface area contributed by atoms with Crippen molar-refractivity contribution in [1.82, 2.24) is 14.6 Å². The molecular formula is C20H18N4O. The number of benzene rings is 2. The molecule has 25 heavy (non-hydrogen) atoms. The van der Waals surface area contributed by atoms with Gasteiger partial charge in [0.15, 0.2) is 5.65 Å². The Morgan fingerprint density at radius 2 is 1.88 bits per heavy atom. The van der Waals surface area contributed by atoms with Crippen molar-refractivity contribution in [2.24, 2.45) is 0 Å². The van der Waals surface area contributed by atoms with Crippen LogP contribution in [0.2, 0.25) is 0 Å². The molecular weight excluding hydrogens is 312 g/mol. The van der Waals surface area contributed by atoms with Crippen molar-refractivity contribution in [3.63, 3.8) is 0 Å². The zero-order valence-electron chi connectivity index (χ0n) is 13.9. The molecule has 2 heterocycles. The lowest BCUT2D eigenvalue weighted by Gasteiger charge is -2.20. The molecule has 0 fully saturated rings. The third-order valence-corrected chi connectivity index (χ3v) is 4.19. The van der Waals surface area contributed by atoms with E-state index in [1.807, 2.05) is 48.0 Å². The van der Waals surface area contributed by atoms with E-state index in [0.29, 0.717) is 0 Å². The molecule has 0 amide bonds. The first-order valence-electron chi connectivity index (χ1n) is 8.09. The molecule has 0 aliphatic heterocycles. The summed E-state index contributed by atoms with van der Waals surface area (Å²) in [5, 5.41) is 14.3. The molecule has 2 aromatic carbocycles. The highest BCUT2D eigenvalue weighted by Gasteiger charge is 2.13. The van der Waals surface area contributed by atoms with E-state index in [1.54, 1.807) is 24.5 Å². The van der Waals surface area contributed by atoms with E-state index in [9.17, 15) is 5.11 Å². The van der Waals surface area contributed by atoms with E-state index in [0.717, 1.165) is 29.1 Å². The van der Waals surface area contributed by atoms with E-state index in [4.69, 9.17) is 0 Å². The number of hydrogen-bond acceptors (Lipinski definition) is 4. The molecule has 0 aliphatic carbocycles. The summed E-state index contributed by atoms with van der Waals surface area (Å²) in [6.07, 6.45) is 3.58. The van der Waals surface area contributed by atoms with E-state index in [1.165, 1.54) is 5.56 Å². The number of phenolic OH excluding ortho intramolecular Hbond substituents is 1. The molecule has 2 aromatic heterocycles. The van der Waals surface area contributed by atoms with Gasteiger partial charge in [0.05, 0.1) is 6.20 Å². The summed E-state index contributed by atoms with van der Waals surface area (Å²) in [4.78, 5) is 6.63. The molecule has 5 nitrogen and oxygen atoms in total. The topological polar surface area (TPSA) is 53.7 Å². The Hall–Kier alpha value is -3.34. The zero-order chi connectivity index (χ0) is 17.2. The number of aromatic nitrogens is 3. The maximum absolute atomic E-state index is 9.74. The van der Waals surface area contributed by atoms with Crippen LogP contribution in [0.15, 0.2) is 73.1 Å². The van der Waals surface area contributed by atoms with Crippen molar-refractivity contribution in [2.45, 2.75) is 6.54 Å². The SMILES string of the molecule is CN(Cc1ccccc1)c1ccnc2c(-c3cccc(O)c3)cnn12. The minimum atomic E-state index is 0.231. The van der Waals surface area contributed by atoms with Gasteiger partial charge in [0.2, 0.25) is 0 Å². The molecule has 0 unspecified atom stereocenters. The van der Waals surface area contributed by atoms with Gasteiger partial charge in [-0.3, -0.25) is 0 Å². The first-order valence-corrected chi connectivity index (χ1v) is 8.09. The number of rotatable bonds is 4. The highest BCUT2D eigenvalue weighted by atomic mass is 16.3. The van der Waals surface area contributed by atoms with Gasteiger partial charge < -0.3 is 10.0 Å². The van der Waals surface area contributed by atoms with Crippen molar-refractivity contribution in [2.75, 3.05) is 11.9 Å². The van der Waals surface area contributed by atoms with E-state index in [2.05, 4.69) is 27.1 Å². The number of phenols is 1. The van der Waals surface area contributed by atoms with E-state index >= 15 is 0 Å². The standard InChI is InChI=1S/C20H18N4O/c1-23(14-15-6-3-2-4-7-15)19-10-11-21-20-18(13-22-24(19)20)16-8-5-9-17(25)12-16/h2-13,25H,14H2,1H3. The van der Waals surface area contributed by atoms with Gasteiger partial charge in [0.25, 0.3) is 0 Å². The van der Waals surface area contributed by atoms with E-state index < -0.39 is 0 Å². The van der Waals surface area contributed by atoms with Crippen LogP contribution in [0.3, 0.4) is 0 Å². The van der Waals surface area contributed by atoms with Crippen molar-refractivity contribution in [3.05, 3.63) is 78.6 Å². The van der Waals surface area contributed by atoms with Gasteiger partial charge in [-0.25, -0.2) is 4.98 Å². The van der Waals surface area contributed by atoms with Crippen LogP contribution in [0, 0.1) is 0 Å². The summed E-state index contributed by atoms with van der Waals surface area (Å²) >= 11 is 0. The molecule has 0 atom stereocenters. The van der Waals surface area contributed by atoms with Crippen LogP contribution in [-0.2, 0) is 6.54 Å². The predicted octanol–water partition coefficient (Wildman–Crippen LogP) is 3.74. The van der Waals surface area contributed by atoms with Gasteiger partial charge in [0, 0.05) is 25.4 Å². The monoisotopic (exact) mass is 330 g/mol. The summed E-state index contributed by atoms with van der Waals surface area (Å²) in [5.74, 6) is 1.19. The summed E-state index contributed by atoms with van der Waals surface area (Å²) in [6, 6.07) is 19.4. The van der Waals surface area contributed by atoms with Crippen LogP contribution in [0.4, 0.5) is 5.82 Å². The van der Waals surface area contributed by atoms with Crippen molar-refractivity contribution in [1.29, 1.82) is 0 Å². The summed E-state index contributed by atoms with van der Waals surface area (Å²) in [7, 11) is 2.04. The predicted molar refractivity (Wildman–Crippen MR) is 98.6 cm³/mol. The molecule has 4 aromatic rings. The largest absolute Gasteiger partial charge is 0.508 e. The van der Waals surface area contributed by atoms with Crippen LogP contribution >= 0.6 is 0 Å². The third-order valence-electron chi connectivity index (χ3n) is 4.19. The van der Waals surface area contributed by atoms with Gasteiger partial charge in [-0.2, -0.15) is 9.61 Å². The average Bonchev–Trinajstić information content (AvgIpc) is 3.06. The van der Waals surface area contributed by atoms with Gasteiger partial charge in [-0.1, -0.05) is 42.5 Å².